The molecule has 1 aromatic carbocycles. The largest absolute Gasteiger partial charge is 1.00 e. The predicted octanol–water partition coefficient (Wildman–Crippen LogP) is -0.950. The summed E-state index contributed by atoms with van der Waals surface area (Å²) in [5, 5.41) is 18.6. The van der Waals surface area contributed by atoms with Gasteiger partial charge in [-0.1, -0.05) is 18.2 Å². The smallest absolute Gasteiger partial charge is 0.481 e. The van der Waals surface area contributed by atoms with Gasteiger partial charge in [-0.15, -0.1) is 5.34 Å². The van der Waals surface area contributed by atoms with Gasteiger partial charge in [0.1, 0.15) is 0 Å². The first-order valence-corrected chi connectivity index (χ1v) is 4.40. The summed E-state index contributed by atoms with van der Waals surface area (Å²) in [6, 6.07) is 7.68. The summed E-state index contributed by atoms with van der Waals surface area (Å²) in [7, 11) is 0. The second-order valence-electron chi connectivity index (χ2n) is 3.00. The molecule has 0 atom stereocenters. The Hall–Kier alpha value is -1.37. The van der Waals surface area contributed by atoms with Crippen molar-refractivity contribution in [2.75, 3.05) is 0 Å². The fraction of sp³-hybridized carbons (Fsp3) is 0.100. The minimum absolute atomic E-state index is 0. The van der Waals surface area contributed by atoms with Crippen LogP contribution in [0.2, 0.25) is 0 Å². The number of nitrogens with one attached hydrogen (secondary N) is 1. The van der Waals surface area contributed by atoms with Crippen LogP contribution >= 0.6 is 0 Å². The summed E-state index contributed by atoms with van der Waals surface area (Å²) < 4.78 is 0. The van der Waals surface area contributed by atoms with Crippen molar-refractivity contribution in [3.63, 3.8) is 0 Å². The monoisotopic (exact) mass is 244 g/mol. The molecule has 0 aliphatic carbocycles. The normalized spacial score (nSPS) is 8.71. The van der Waals surface area contributed by atoms with Crippen LogP contribution < -0.4 is 29.6 Å². The Balaban J connectivity index is 0.000000583. The van der Waals surface area contributed by atoms with Crippen molar-refractivity contribution in [3.05, 3.63) is 46.1 Å². The van der Waals surface area contributed by atoms with Gasteiger partial charge in [-0.25, -0.2) is 0 Å². The molecule has 0 spiro atoms. The summed E-state index contributed by atoms with van der Waals surface area (Å²) in [5.41, 5.74) is 1.82. The topological polar surface area (TPSA) is 106 Å². The van der Waals surface area contributed by atoms with Crippen LogP contribution in [0, 0.1) is 10.1 Å². The molecule has 0 radical (unpaired) electrons. The summed E-state index contributed by atoms with van der Waals surface area (Å²) in [6.45, 7) is 0. The first-order valence-electron chi connectivity index (χ1n) is 4.40. The van der Waals surface area contributed by atoms with Crippen LogP contribution in [-0.2, 0) is 11.2 Å². The van der Waals surface area contributed by atoms with E-state index >= 15 is 0 Å². The van der Waals surface area contributed by atoms with E-state index in [4.69, 9.17) is 15.2 Å². The second-order valence-corrected chi connectivity index (χ2v) is 3.00. The summed E-state index contributed by atoms with van der Waals surface area (Å²) in [5.74, 6) is -0.801. The second kappa shape index (κ2) is 7.83. The molecular formula is C10H9N2NaO4. The van der Waals surface area contributed by atoms with E-state index in [1.165, 1.54) is 0 Å². The molecule has 17 heavy (non-hydrogen) atoms. The quantitative estimate of drug-likeness (QED) is 0.403. The molecule has 1 aromatic heterocycles. The van der Waals surface area contributed by atoms with E-state index in [2.05, 4.69) is 4.98 Å². The van der Waals surface area contributed by atoms with E-state index in [1.54, 1.807) is 6.20 Å². The van der Waals surface area contributed by atoms with Crippen LogP contribution in [0.15, 0.2) is 35.8 Å². The number of hydrogen-bond donors (Lipinski definition) is 2. The third-order valence-electron chi connectivity index (χ3n) is 2.02. The number of aromatic amines is 1. The SMILES string of the molecule is O=C(O)Cc1c[nH]c2ccccc12.O=N[O-].[Na+]. The van der Waals surface area contributed by atoms with Gasteiger partial charge in [0, 0.05) is 17.1 Å². The van der Waals surface area contributed by atoms with Gasteiger partial charge in [-0.3, -0.25) is 4.79 Å². The van der Waals surface area contributed by atoms with E-state index in [1.807, 2.05) is 24.3 Å². The Bertz CT molecular complexity index is 498. The number of hydrogen-bond acceptors (Lipinski definition) is 4. The van der Waals surface area contributed by atoms with Crippen molar-refractivity contribution in [1.29, 1.82) is 0 Å². The molecule has 0 amide bonds. The van der Waals surface area contributed by atoms with Gasteiger partial charge in [0.2, 0.25) is 0 Å². The molecule has 0 unspecified atom stereocenters. The number of benzene rings is 1. The molecule has 2 rings (SSSR count). The molecular weight excluding hydrogens is 235 g/mol. The van der Waals surface area contributed by atoms with Crippen LogP contribution in [0.4, 0.5) is 0 Å². The molecule has 6 nitrogen and oxygen atoms in total. The van der Waals surface area contributed by atoms with E-state index in [0.717, 1.165) is 21.8 Å². The maximum Gasteiger partial charge on any atom is 1.00 e. The number of carboxylic acids is 1. The van der Waals surface area contributed by atoms with Gasteiger partial charge in [0.05, 0.1) is 6.42 Å². The molecule has 84 valence electrons. The maximum absolute atomic E-state index is 10.5. The molecule has 0 aliphatic rings. The number of fused-ring (bicyclic) bond motifs is 1. The third-order valence-corrected chi connectivity index (χ3v) is 2.02. The average molecular weight is 244 g/mol. The van der Waals surface area contributed by atoms with Gasteiger partial charge in [-0.05, 0) is 11.6 Å². The minimum Gasteiger partial charge on any atom is -0.481 e. The van der Waals surface area contributed by atoms with Crippen molar-refractivity contribution >= 4 is 16.9 Å². The predicted molar refractivity (Wildman–Crippen MR) is 58.8 cm³/mol. The molecule has 0 fully saturated rings. The van der Waals surface area contributed by atoms with Crippen LogP contribution in [0.3, 0.4) is 0 Å². The van der Waals surface area contributed by atoms with Crippen LogP contribution in [0.25, 0.3) is 10.9 Å². The molecule has 7 heteroatoms. The Morgan fingerprint density at radius 1 is 1.41 bits per heavy atom. The Kier molecular flexibility index (Phi) is 7.20. The number of rotatable bonds is 2. The third kappa shape index (κ3) is 4.56. The zero-order valence-corrected chi connectivity index (χ0v) is 11.2. The number of H-pyrrole nitrogens is 1. The number of aliphatic carboxylic acids is 1. The Morgan fingerprint density at radius 3 is 2.59 bits per heavy atom. The standard InChI is InChI=1S/C10H9NO2.HNO2.Na/c12-10(13)5-7-6-11-9-4-2-1-3-8(7)9;2-1-3;/h1-4,6,11H,5H2,(H,12,13);(H,2,3);/q;;+1/p-1. The molecule has 2 N–H and O–H groups in total. The Labute approximate surface area is 119 Å². The number of aromatic nitrogens is 1. The molecule has 0 saturated heterocycles. The zero-order valence-electron chi connectivity index (χ0n) is 9.21. The molecule has 0 bridgehead atoms. The van der Waals surface area contributed by atoms with E-state index in [-0.39, 0.29) is 36.0 Å². The van der Waals surface area contributed by atoms with Crippen LogP contribution in [-0.4, -0.2) is 16.1 Å². The van der Waals surface area contributed by atoms with Gasteiger partial charge >= 0.3 is 35.5 Å². The first kappa shape index (κ1) is 15.6. The molecule has 2 aromatic rings. The number of para-hydroxylation sites is 1. The van der Waals surface area contributed by atoms with Crippen molar-refractivity contribution < 1.29 is 39.5 Å². The van der Waals surface area contributed by atoms with Crippen LogP contribution in [0.1, 0.15) is 5.56 Å². The maximum atomic E-state index is 10.5. The molecule has 0 aliphatic heterocycles. The minimum atomic E-state index is -0.801. The van der Waals surface area contributed by atoms with Crippen molar-refractivity contribution in [1.82, 2.24) is 4.98 Å². The fourth-order valence-electron chi connectivity index (χ4n) is 1.44. The number of nitrogens with zero attached hydrogens (tertiary/aromatic N) is 1. The summed E-state index contributed by atoms with van der Waals surface area (Å²) in [4.78, 5) is 21.5. The summed E-state index contributed by atoms with van der Waals surface area (Å²) in [6.07, 6.45) is 1.82. The first-order chi connectivity index (χ1) is 7.69. The van der Waals surface area contributed by atoms with Crippen molar-refractivity contribution in [2.24, 2.45) is 5.34 Å². The molecule has 0 saturated carbocycles. The molecule has 1 heterocycles. The fourth-order valence-corrected chi connectivity index (χ4v) is 1.44. The zero-order chi connectivity index (χ0) is 12.0. The van der Waals surface area contributed by atoms with E-state index in [0.29, 0.717) is 0 Å². The van der Waals surface area contributed by atoms with Gasteiger partial charge in [-0.2, -0.15) is 0 Å². The van der Waals surface area contributed by atoms with Crippen molar-refractivity contribution in [2.45, 2.75) is 6.42 Å². The Morgan fingerprint density at radius 2 is 2.00 bits per heavy atom. The van der Waals surface area contributed by atoms with E-state index < -0.39 is 5.97 Å². The van der Waals surface area contributed by atoms with Gasteiger partial charge < -0.3 is 20.2 Å². The average Bonchev–Trinajstić information content (AvgIpc) is 2.63. The van der Waals surface area contributed by atoms with Gasteiger partial charge in [0.15, 0.2) is 0 Å². The van der Waals surface area contributed by atoms with Crippen molar-refractivity contribution in [3.8, 4) is 0 Å². The van der Waals surface area contributed by atoms with E-state index in [9.17, 15) is 4.79 Å². The number of carbonyl (C=O) groups is 1. The number of carboxylic acid groups (broad SMARTS) is 1. The van der Waals surface area contributed by atoms with Crippen LogP contribution in [0.5, 0.6) is 0 Å². The summed E-state index contributed by atoms with van der Waals surface area (Å²) >= 11 is 0. The van der Waals surface area contributed by atoms with Gasteiger partial charge in [0.25, 0.3) is 0 Å².